The molecule has 0 bridgehead atoms. The normalized spacial score (nSPS) is 12.0. The van der Waals surface area contributed by atoms with Gasteiger partial charge in [-0.2, -0.15) is 0 Å². The number of thioether (sulfide) groups is 1. The molecule has 0 aliphatic rings. The molecule has 0 saturated heterocycles. The number of rotatable bonds is 5. The van der Waals surface area contributed by atoms with Gasteiger partial charge in [-0.25, -0.2) is 0 Å². The maximum Gasteiger partial charge on any atom is 0.0384 e. The molecule has 2 aromatic carbocycles. The highest BCUT2D eigenvalue weighted by Crippen LogP contribution is 2.37. The van der Waals surface area contributed by atoms with Crippen molar-refractivity contribution in [2.75, 3.05) is 0 Å². The van der Waals surface area contributed by atoms with E-state index in [1.807, 2.05) is 24.2 Å². The fourth-order valence-electron chi connectivity index (χ4n) is 2.30. The van der Waals surface area contributed by atoms with E-state index in [9.17, 15) is 0 Å². The van der Waals surface area contributed by atoms with Crippen molar-refractivity contribution in [3.8, 4) is 0 Å². The lowest BCUT2D eigenvalue weighted by atomic mass is 10.0. The zero-order valence-electron chi connectivity index (χ0n) is 11.7. The molecule has 3 aromatic rings. The van der Waals surface area contributed by atoms with E-state index in [2.05, 4.69) is 77.8 Å². The molecule has 0 radical (unpaired) electrons. The zero-order chi connectivity index (χ0) is 14.3. The van der Waals surface area contributed by atoms with E-state index in [4.69, 9.17) is 0 Å². The van der Waals surface area contributed by atoms with Crippen molar-refractivity contribution in [2.45, 2.75) is 16.6 Å². The van der Waals surface area contributed by atoms with Gasteiger partial charge in [0, 0.05) is 22.5 Å². The Morgan fingerprint density at radius 3 is 2.05 bits per heavy atom. The van der Waals surface area contributed by atoms with Crippen LogP contribution in [0.2, 0.25) is 0 Å². The van der Waals surface area contributed by atoms with Crippen molar-refractivity contribution in [1.29, 1.82) is 0 Å². The maximum absolute atomic E-state index is 4.10. The third-order valence-corrected chi connectivity index (χ3v) is 4.63. The van der Waals surface area contributed by atoms with Crippen LogP contribution >= 0.6 is 11.8 Å². The van der Waals surface area contributed by atoms with Gasteiger partial charge in [0.2, 0.25) is 0 Å². The Morgan fingerprint density at radius 1 is 0.762 bits per heavy atom. The van der Waals surface area contributed by atoms with Gasteiger partial charge in [-0.1, -0.05) is 60.7 Å². The summed E-state index contributed by atoms with van der Waals surface area (Å²) in [5, 5.41) is 0.413. The first kappa shape index (κ1) is 13.9. The van der Waals surface area contributed by atoms with Gasteiger partial charge in [0.1, 0.15) is 0 Å². The summed E-state index contributed by atoms with van der Waals surface area (Å²) < 4.78 is 0. The third kappa shape index (κ3) is 3.96. The molecule has 0 spiro atoms. The lowest BCUT2D eigenvalue weighted by Gasteiger charge is -2.17. The second-order valence-corrected chi connectivity index (χ2v) is 6.17. The van der Waals surface area contributed by atoms with E-state index >= 15 is 0 Å². The van der Waals surface area contributed by atoms with E-state index in [0.717, 1.165) is 6.42 Å². The number of hydrogen-bond acceptors (Lipinski definition) is 2. The third-order valence-electron chi connectivity index (χ3n) is 3.36. The second-order valence-electron chi connectivity index (χ2n) is 4.89. The molecule has 1 heterocycles. The predicted molar refractivity (Wildman–Crippen MR) is 89.4 cm³/mol. The van der Waals surface area contributed by atoms with Gasteiger partial charge in [-0.05, 0) is 29.7 Å². The fourth-order valence-corrected chi connectivity index (χ4v) is 3.48. The Hall–Kier alpha value is -2.06. The summed E-state index contributed by atoms with van der Waals surface area (Å²) in [6.07, 6.45) is 4.73. The van der Waals surface area contributed by atoms with E-state index in [0.29, 0.717) is 5.25 Å². The molecule has 0 amide bonds. The van der Waals surface area contributed by atoms with Crippen LogP contribution in [0, 0.1) is 0 Å². The van der Waals surface area contributed by atoms with Crippen LogP contribution in [0.4, 0.5) is 0 Å². The lowest BCUT2D eigenvalue weighted by molar-refractivity contribution is 0.930. The van der Waals surface area contributed by atoms with Crippen molar-refractivity contribution in [1.82, 2.24) is 4.98 Å². The summed E-state index contributed by atoms with van der Waals surface area (Å²) >= 11 is 1.90. The smallest absolute Gasteiger partial charge is 0.0384 e. The number of nitrogens with zero attached hydrogens (tertiary/aromatic N) is 1. The van der Waals surface area contributed by atoms with Gasteiger partial charge in [0.05, 0.1) is 0 Å². The van der Waals surface area contributed by atoms with E-state index in [1.165, 1.54) is 16.0 Å². The van der Waals surface area contributed by atoms with Crippen LogP contribution in [-0.2, 0) is 6.42 Å². The standard InChI is InChI=1S/C19H17NS/c1-3-7-16(8-4-1)15-19(17-9-5-2-6-10-17)21-18-11-13-20-14-12-18/h1-14,19H,15H2. The SMILES string of the molecule is c1ccc(CC(Sc2ccncc2)c2ccccc2)cc1. The monoisotopic (exact) mass is 291 g/mol. The Bertz CT molecular complexity index is 611. The van der Waals surface area contributed by atoms with Crippen molar-refractivity contribution >= 4 is 11.8 Å². The summed E-state index contributed by atoms with van der Waals surface area (Å²) in [7, 11) is 0. The molecule has 104 valence electrons. The molecule has 0 fully saturated rings. The predicted octanol–water partition coefficient (Wildman–Crippen LogP) is 5.16. The molecular formula is C19H17NS. The molecule has 0 aliphatic heterocycles. The molecule has 3 rings (SSSR count). The van der Waals surface area contributed by atoms with Crippen LogP contribution in [0.5, 0.6) is 0 Å². The summed E-state index contributed by atoms with van der Waals surface area (Å²) in [4.78, 5) is 5.36. The summed E-state index contributed by atoms with van der Waals surface area (Å²) in [6, 6.07) is 25.5. The average Bonchev–Trinajstić information content (AvgIpc) is 2.57. The fraction of sp³-hybridized carbons (Fsp3) is 0.105. The van der Waals surface area contributed by atoms with E-state index < -0.39 is 0 Å². The molecule has 2 heteroatoms. The largest absolute Gasteiger partial charge is 0.265 e. The molecule has 1 aromatic heterocycles. The topological polar surface area (TPSA) is 12.9 Å². The highest BCUT2D eigenvalue weighted by molar-refractivity contribution is 7.99. The van der Waals surface area contributed by atoms with Crippen LogP contribution in [0.3, 0.4) is 0 Å². The van der Waals surface area contributed by atoms with Crippen molar-refractivity contribution < 1.29 is 0 Å². The molecule has 0 saturated carbocycles. The molecule has 1 nitrogen and oxygen atoms in total. The van der Waals surface area contributed by atoms with Gasteiger partial charge in [0.15, 0.2) is 0 Å². The molecule has 21 heavy (non-hydrogen) atoms. The molecular weight excluding hydrogens is 274 g/mol. The highest BCUT2D eigenvalue weighted by Gasteiger charge is 2.13. The highest BCUT2D eigenvalue weighted by atomic mass is 32.2. The molecule has 1 unspecified atom stereocenters. The Morgan fingerprint density at radius 2 is 1.38 bits per heavy atom. The maximum atomic E-state index is 4.10. The van der Waals surface area contributed by atoms with Crippen molar-refractivity contribution in [3.63, 3.8) is 0 Å². The van der Waals surface area contributed by atoms with Crippen LogP contribution < -0.4 is 0 Å². The van der Waals surface area contributed by atoms with Gasteiger partial charge in [0.25, 0.3) is 0 Å². The van der Waals surface area contributed by atoms with Crippen LogP contribution in [0.25, 0.3) is 0 Å². The lowest BCUT2D eigenvalue weighted by Crippen LogP contribution is -1.99. The minimum atomic E-state index is 0.413. The quantitative estimate of drug-likeness (QED) is 0.602. The number of hydrogen-bond donors (Lipinski definition) is 0. The van der Waals surface area contributed by atoms with E-state index in [-0.39, 0.29) is 0 Å². The first-order valence-electron chi connectivity index (χ1n) is 7.07. The van der Waals surface area contributed by atoms with Gasteiger partial charge in [-0.3, -0.25) is 4.98 Å². The van der Waals surface area contributed by atoms with Crippen molar-refractivity contribution in [2.24, 2.45) is 0 Å². The van der Waals surface area contributed by atoms with Crippen LogP contribution in [0.15, 0.2) is 90.1 Å². The Kier molecular flexibility index (Phi) is 4.70. The number of aromatic nitrogens is 1. The van der Waals surface area contributed by atoms with Gasteiger partial charge in [-0.15, -0.1) is 11.8 Å². The summed E-state index contributed by atoms with van der Waals surface area (Å²) in [5.41, 5.74) is 2.73. The number of pyridine rings is 1. The van der Waals surface area contributed by atoms with Gasteiger partial charge >= 0.3 is 0 Å². The zero-order valence-corrected chi connectivity index (χ0v) is 12.5. The first-order chi connectivity index (χ1) is 10.4. The summed E-state index contributed by atoms with van der Waals surface area (Å²) in [5.74, 6) is 0. The Labute approximate surface area is 130 Å². The first-order valence-corrected chi connectivity index (χ1v) is 7.95. The minimum Gasteiger partial charge on any atom is -0.265 e. The average molecular weight is 291 g/mol. The summed E-state index contributed by atoms with van der Waals surface area (Å²) in [6.45, 7) is 0. The minimum absolute atomic E-state index is 0.413. The number of benzene rings is 2. The van der Waals surface area contributed by atoms with E-state index in [1.54, 1.807) is 0 Å². The van der Waals surface area contributed by atoms with Crippen LogP contribution in [-0.4, -0.2) is 4.98 Å². The van der Waals surface area contributed by atoms with Gasteiger partial charge < -0.3 is 0 Å². The Balaban J connectivity index is 1.84. The van der Waals surface area contributed by atoms with Crippen LogP contribution in [0.1, 0.15) is 16.4 Å². The second kappa shape index (κ2) is 7.09. The molecule has 0 aliphatic carbocycles. The van der Waals surface area contributed by atoms with Crippen molar-refractivity contribution in [3.05, 3.63) is 96.3 Å². The molecule has 0 N–H and O–H groups in total. The molecule has 1 atom stereocenters.